The first-order valence-corrected chi connectivity index (χ1v) is 11.1. The third-order valence-electron chi connectivity index (χ3n) is 7.80. The van der Waals surface area contributed by atoms with E-state index in [-0.39, 0.29) is 0 Å². The third-order valence-corrected chi connectivity index (χ3v) is 7.80. The van der Waals surface area contributed by atoms with Gasteiger partial charge < -0.3 is 0 Å². The molecule has 0 radical (unpaired) electrons. The zero-order chi connectivity index (χ0) is 17.1. The van der Waals surface area contributed by atoms with Crippen molar-refractivity contribution < 1.29 is 0 Å². The second kappa shape index (κ2) is 7.80. The maximum Gasteiger partial charge on any atom is 0.0270 e. The summed E-state index contributed by atoms with van der Waals surface area (Å²) in [5.41, 5.74) is 2.25. The van der Waals surface area contributed by atoms with Crippen molar-refractivity contribution in [3.8, 4) is 0 Å². The highest BCUT2D eigenvalue weighted by atomic mass is 14.6. The number of aromatic nitrogens is 1. The van der Waals surface area contributed by atoms with E-state index >= 15 is 0 Å². The molecule has 0 spiro atoms. The maximum absolute atomic E-state index is 4.16. The van der Waals surface area contributed by atoms with Crippen molar-refractivity contribution in [2.24, 2.45) is 29.1 Å². The lowest BCUT2D eigenvalue weighted by Gasteiger charge is -2.57. The molecule has 4 aliphatic rings. The first-order chi connectivity index (χ1) is 12.2. The van der Waals surface area contributed by atoms with Crippen LogP contribution < -0.4 is 0 Å². The standard InChI is InChI=1S/C24H37N/c1-2-3-4-19(5-6-20-8-11-25-12-9-20)7-10-24-16-21-13-22(17-24)15-23(14-21)18-24/h8-9,11-12,19,21-23H,2-7,10,13-18H2,1H3. The van der Waals surface area contributed by atoms with Crippen LogP contribution in [0.4, 0.5) is 0 Å². The fraction of sp³-hybridized carbons (Fsp3) is 0.792. The van der Waals surface area contributed by atoms with E-state index < -0.39 is 0 Å². The largest absolute Gasteiger partial charge is 0.265 e. The molecule has 0 aliphatic heterocycles. The Kier molecular flexibility index (Phi) is 5.48. The molecule has 4 fully saturated rings. The third kappa shape index (κ3) is 4.29. The van der Waals surface area contributed by atoms with E-state index in [1.807, 2.05) is 12.4 Å². The number of hydrogen-bond donors (Lipinski definition) is 0. The number of unbranched alkanes of at least 4 members (excludes halogenated alkanes) is 1. The molecule has 1 nitrogen and oxygen atoms in total. The summed E-state index contributed by atoms with van der Waals surface area (Å²) in [5, 5.41) is 0. The topological polar surface area (TPSA) is 12.9 Å². The van der Waals surface area contributed by atoms with Gasteiger partial charge in [-0.15, -0.1) is 0 Å². The molecule has 0 N–H and O–H groups in total. The Morgan fingerprint density at radius 2 is 1.60 bits per heavy atom. The molecule has 1 aromatic heterocycles. The van der Waals surface area contributed by atoms with Gasteiger partial charge in [0.05, 0.1) is 0 Å². The first-order valence-electron chi connectivity index (χ1n) is 11.1. The lowest BCUT2D eigenvalue weighted by Crippen LogP contribution is -2.46. The number of pyridine rings is 1. The molecule has 1 aromatic rings. The Labute approximate surface area is 155 Å². The van der Waals surface area contributed by atoms with Crippen LogP contribution >= 0.6 is 0 Å². The molecule has 1 heterocycles. The molecule has 138 valence electrons. The van der Waals surface area contributed by atoms with Crippen LogP contribution in [0.2, 0.25) is 0 Å². The minimum absolute atomic E-state index is 0.774. The van der Waals surface area contributed by atoms with Crippen molar-refractivity contribution in [3.05, 3.63) is 30.1 Å². The monoisotopic (exact) mass is 339 g/mol. The van der Waals surface area contributed by atoms with Gasteiger partial charge in [-0.1, -0.05) is 26.2 Å². The summed E-state index contributed by atoms with van der Waals surface area (Å²) in [4.78, 5) is 4.16. The highest BCUT2D eigenvalue weighted by Gasteiger charge is 2.50. The Hall–Kier alpha value is -0.850. The van der Waals surface area contributed by atoms with Gasteiger partial charge in [0, 0.05) is 12.4 Å². The summed E-state index contributed by atoms with van der Waals surface area (Å²) in [6, 6.07) is 4.41. The SMILES string of the molecule is CCCCC(CCc1ccncc1)CCC12CC3CC(CC(C3)C1)C2. The lowest BCUT2D eigenvalue weighted by atomic mass is 9.48. The predicted molar refractivity (Wildman–Crippen MR) is 105 cm³/mol. The van der Waals surface area contributed by atoms with E-state index in [4.69, 9.17) is 0 Å². The fourth-order valence-corrected chi connectivity index (χ4v) is 6.95. The normalized spacial score (nSPS) is 34.4. The summed E-state index contributed by atoms with van der Waals surface area (Å²) in [5.74, 6) is 4.27. The number of aryl methyl sites for hydroxylation is 1. The summed E-state index contributed by atoms with van der Waals surface area (Å²) >= 11 is 0. The fourth-order valence-electron chi connectivity index (χ4n) is 6.95. The molecule has 0 amide bonds. The maximum atomic E-state index is 4.16. The van der Waals surface area contributed by atoms with Gasteiger partial charge >= 0.3 is 0 Å². The molecule has 4 saturated carbocycles. The predicted octanol–water partition coefficient (Wildman–Crippen LogP) is 6.82. The first kappa shape index (κ1) is 17.6. The number of rotatable bonds is 9. The molecule has 5 rings (SSSR count). The Morgan fingerprint density at radius 3 is 2.20 bits per heavy atom. The van der Waals surface area contributed by atoms with Gasteiger partial charge in [0.25, 0.3) is 0 Å². The van der Waals surface area contributed by atoms with E-state index in [2.05, 4.69) is 24.0 Å². The van der Waals surface area contributed by atoms with Crippen molar-refractivity contribution in [2.75, 3.05) is 0 Å². The zero-order valence-electron chi connectivity index (χ0n) is 16.3. The van der Waals surface area contributed by atoms with Crippen molar-refractivity contribution in [1.29, 1.82) is 0 Å². The van der Waals surface area contributed by atoms with Crippen LogP contribution in [0.5, 0.6) is 0 Å². The molecular weight excluding hydrogens is 302 g/mol. The summed E-state index contributed by atoms with van der Waals surface area (Å²) in [6.45, 7) is 2.35. The van der Waals surface area contributed by atoms with Gasteiger partial charge in [-0.05, 0) is 111 Å². The molecule has 4 aliphatic carbocycles. The molecule has 1 heteroatoms. The van der Waals surface area contributed by atoms with Gasteiger partial charge in [0.2, 0.25) is 0 Å². The van der Waals surface area contributed by atoms with Crippen LogP contribution in [-0.4, -0.2) is 4.98 Å². The number of nitrogens with zero attached hydrogens (tertiary/aromatic N) is 1. The van der Waals surface area contributed by atoms with E-state index in [1.165, 1.54) is 44.1 Å². The van der Waals surface area contributed by atoms with Crippen LogP contribution in [0, 0.1) is 29.1 Å². The molecular formula is C24H37N. The van der Waals surface area contributed by atoms with Crippen LogP contribution in [0.15, 0.2) is 24.5 Å². The second-order valence-electron chi connectivity index (χ2n) is 9.86. The van der Waals surface area contributed by atoms with Crippen LogP contribution in [0.3, 0.4) is 0 Å². The van der Waals surface area contributed by atoms with E-state index in [9.17, 15) is 0 Å². The quantitative estimate of drug-likeness (QED) is 0.481. The average Bonchev–Trinajstić information content (AvgIpc) is 2.61. The van der Waals surface area contributed by atoms with Gasteiger partial charge in [-0.2, -0.15) is 0 Å². The van der Waals surface area contributed by atoms with E-state index in [0.717, 1.165) is 29.1 Å². The van der Waals surface area contributed by atoms with Crippen LogP contribution in [-0.2, 0) is 6.42 Å². The van der Waals surface area contributed by atoms with Crippen molar-refractivity contribution in [3.63, 3.8) is 0 Å². The average molecular weight is 340 g/mol. The highest BCUT2D eigenvalue weighted by Crippen LogP contribution is 2.61. The minimum atomic E-state index is 0.774. The summed E-state index contributed by atoms with van der Waals surface area (Å²) in [6.07, 6.45) is 23.3. The van der Waals surface area contributed by atoms with Gasteiger partial charge in [-0.3, -0.25) is 4.98 Å². The van der Waals surface area contributed by atoms with Crippen molar-refractivity contribution >= 4 is 0 Å². The smallest absolute Gasteiger partial charge is 0.0270 e. The van der Waals surface area contributed by atoms with Crippen molar-refractivity contribution in [2.45, 2.75) is 90.4 Å². The molecule has 1 atom stereocenters. The van der Waals surface area contributed by atoms with Gasteiger partial charge in [0.1, 0.15) is 0 Å². The highest BCUT2D eigenvalue weighted by molar-refractivity contribution is 5.09. The van der Waals surface area contributed by atoms with Crippen LogP contribution in [0.1, 0.15) is 89.5 Å². The molecule has 4 bridgehead atoms. The summed E-state index contributed by atoms with van der Waals surface area (Å²) < 4.78 is 0. The lowest BCUT2D eigenvalue weighted by molar-refractivity contribution is -0.0603. The molecule has 0 aromatic carbocycles. The van der Waals surface area contributed by atoms with E-state index in [0.29, 0.717) is 0 Å². The van der Waals surface area contributed by atoms with Gasteiger partial charge in [0.15, 0.2) is 0 Å². The molecule has 1 unspecified atom stereocenters. The van der Waals surface area contributed by atoms with E-state index in [1.54, 1.807) is 44.9 Å². The van der Waals surface area contributed by atoms with Crippen molar-refractivity contribution in [1.82, 2.24) is 4.98 Å². The Bertz CT molecular complexity index is 499. The van der Waals surface area contributed by atoms with Crippen LogP contribution in [0.25, 0.3) is 0 Å². The Morgan fingerprint density at radius 1 is 0.960 bits per heavy atom. The minimum Gasteiger partial charge on any atom is -0.265 e. The second-order valence-corrected chi connectivity index (χ2v) is 9.86. The molecule has 0 saturated heterocycles. The van der Waals surface area contributed by atoms with Gasteiger partial charge in [-0.25, -0.2) is 0 Å². The Balaban J connectivity index is 1.32. The zero-order valence-corrected chi connectivity index (χ0v) is 16.3. The summed E-state index contributed by atoms with van der Waals surface area (Å²) in [7, 11) is 0. The number of hydrogen-bond acceptors (Lipinski definition) is 1. The molecule has 25 heavy (non-hydrogen) atoms.